The second kappa shape index (κ2) is 11.7. The molecule has 0 bridgehead atoms. The first kappa shape index (κ1) is 18.2. The molecule has 0 aromatic rings. The average Bonchev–Trinajstić information content (AvgIpc) is 2.45. The summed E-state index contributed by atoms with van der Waals surface area (Å²) in [6, 6.07) is 0.465. The smallest absolute Gasteiger partial charge is 0.0501 e. The van der Waals surface area contributed by atoms with Crippen LogP contribution in [0.15, 0.2) is 0 Å². The summed E-state index contributed by atoms with van der Waals surface area (Å²) < 4.78 is 12.6. The minimum atomic E-state index is -0.641. The number of hydrogen-bond acceptors (Lipinski definition) is 2. The number of rotatable bonds is 5. The van der Waals surface area contributed by atoms with Crippen LogP contribution >= 0.6 is 0 Å². The van der Waals surface area contributed by atoms with Crippen molar-refractivity contribution in [1.82, 2.24) is 5.32 Å². The normalized spacial score (nSPS) is 28.3. The van der Waals surface area contributed by atoms with Crippen LogP contribution in [0.2, 0.25) is 0 Å². The molecule has 3 heteroatoms. The van der Waals surface area contributed by atoms with Crippen molar-refractivity contribution in [3.05, 3.63) is 0 Å². The fourth-order valence-electron chi connectivity index (χ4n) is 3.24. The topological polar surface area (TPSA) is 29.1 Å². The molecule has 1 saturated carbocycles. The highest BCUT2D eigenvalue weighted by molar-refractivity contribution is 7.85. The molecule has 1 fully saturated rings. The summed E-state index contributed by atoms with van der Waals surface area (Å²) in [5.74, 6) is 0.902. The van der Waals surface area contributed by atoms with Crippen LogP contribution in [-0.4, -0.2) is 28.3 Å². The predicted octanol–water partition coefficient (Wildman–Crippen LogP) is 4.41. The summed E-state index contributed by atoms with van der Waals surface area (Å²) in [6.45, 7) is 2.19. The van der Waals surface area contributed by atoms with E-state index in [4.69, 9.17) is 0 Å². The van der Waals surface area contributed by atoms with Gasteiger partial charge in [-0.05, 0) is 26.3 Å². The molecule has 20 heavy (non-hydrogen) atoms. The van der Waals surface area contributed by atoms with Gasteiger partial charge in [0.25, 0.3) is 0 Å². The van der Waals surface area contributed by atoms with Crippen molar-refractivity contribution in [2.24, 2.45) is 0 Å². The third-order valence-corrected chi connectivity index (χ3v) is 6.54. The Kier molecular flexibility index (Phi) is 10.7. The molecule has 0 aromatic carbocycles. The molecule has 120 valence electrons. The molecular weight excluding hydrogens is 266 g/mol. The zero-order chi connectivity index (χ0) is 14.6. The molecule has 0 aliphatic heterocycles. The van der Waals surface area contributed by atoms with Crippen LogP contribution in [0, 0.1) is 0 Å². The maximum atomic E-state index is 12.6. The van der Waals surface area contributed by atoms with Crippen molar-refractivity contribution in [3.8, 4) is 0 Å². The van der Waals surface area contributed by atoms with Crippen molar-refractivity contribution in [2.75, 3.05) is 12.8 Å². The summed E-state index contributed by atoms with van der Waals surface area (Å²) in [5.41, 5.74) is 0. The molecular formula is C17H35NOS. The van der Waals surface area contributed by atoms with Crippen molar-refractivity contribution >= 4 is 10.8 Å². The van der Waals surface area contributed by atoms with Crippen LogP contribution < -0.4 is 5.32 Å². The molecule has 2 nitrogen and oxygen atoms in total. The Balaban J connectivity index is 2.57. The second-order valence-electron chi connectivity index (χ2n) is 6.28. The first-order valence-corrected chi connectivity index (χ1v) is 10.2. The van der Waals surface area contributed by atoms with Crippen LogP contribution in [0.4, 0.5) is 0 Å². The molecule has 0 spiro atoms. The van der Waals surface area contributed by atoms with Gasteiger partial charge in [-0.15, -0.1) is 0 Å². The number of nitrogens with one attached hydrogen (secondary N) is 1. The first-order chi connectivity index (χ1) is 9.79. The number of hydrogen-bond donors (Lipinski definition) is 1. The minimum absolute atomic E-state index is 0.381. The standard InChI is InChI=1S/C17H35NOS/c1-3-4-15-20(19)17-14-12-10-8-6-5-7-9-11-13-16(17)18-2/h16-18H,3-15H2,1-2H3. The first-order valence-electron chi connectivity index (χ1n) is 8.84. The van der Waals surface area contributed by atoms with E-state index in [2.05, 4.69) is 19.3 Å². The maximum Gasteiger partial charge on any atom is 0.0501 e. The highest BCUT2D eigenvalue weighted by Crippen LogP contribution is 2.21. The molecule has 3 unspecified atom stereocenters. The van der Waals surface area contributed by atoms with Gasteiger partial charge in [0.15, 0.2) is 0 Å². The monoisotopic (exact) mass is 301 g/mol. The van der Waals surface area contributed by atoms with Gasteiger partial charge in [-0.25, -0.2) is 0 Å². The third kappa shape index (κ3) is 7.21. The average molecular weight is 302 g/mol. The molecule has 0 amide bonds. The SMILES string of the molecule is CCCCS(=O)C1CCCCCCCCCCC1NC. The zero-order valence-electron chi connectivity index (χ0n) is 13.7. The fourth-order valence-corrected chi connectivity index (χ4v) is 5.18. The Hall–Kier alpha value is 0.110. The summed E-state index contributed by atoms with van der Waals surface area (Å²) in [6.07, 6.45) is 15.5. The highest BCUT2D eigenvalue weighted by atomic mass is 32.2. The van der Waals surface area contributed by atoms with Crippen molar-refractivity contribution < 1.29 is 4.21 Å². The summed E-state index contributed by atoms with van der Waals surface area (Å²) in [7, 11) is 1.42. The Bertz CT molecular complexity index is 257. The van der Waals surface area contributed by atoms with Gasteiger partial charge in [0.2, 0.25) is 0 Å². The van der Waals surface area contributed by atoms with Crippen LogP contribution in [0.25, 0.3) is 0 Å². The summed E-state index contributed by atoms with van der Waals surface area (Å²) in [4.78, 5) is 0. The van der Waals surface area contributed by atoms with E-state index < -0.39 is 10.8 Å². The quantitative estimate of drug-likeness (QED) is 0.815. The lowest BCUT2D eigenvalue weighted by Gasteiger charge is -2.27. The maximum absolute atomic E-state index is 12.6. The minimum Gasteiger partial charge on any atom is -0.316 e. The zero-order valence-corrected chi connectivity index (χ0v) is 14.5. The lowest BCUT2D eigenvalue weighted by molar-refractivity contribution is 0.428. The van der Waals surface area contributed by atoms with Gasteiger partial charge in [-0.3, -0.25) is 4.21 Å². The van der Waals surface area contributed by atoms with Gasteiger partial charge in [-0.2, -0.15) is 0 Å². The van der Waals surface area contributed by atoms with E-state index in [-0.39, 0.29) is 0 Å². The van der Waals surface area contributed by atoms with E-state index in [0.29, 0.717) is 11.3 Å². The van der Waals surface area contributed by atoms with E-state index in [1.54, 1.807) is 0 Å². The van der Waals surface area contributed by atoms with Crippen molar-refractivity contribution in [1.29, 1.82) is 0 Å². The molecule has 1 aliphatic carbocycles. The second-order valence-corrected chi connectivity index (χ2v) is 8.05. The lowest BCUT2D eigenvalue weighted by atomic mass is 9.97. The van der Waals surface area contributed by atoms with Gasteiger partial charge >= 0.3 is 0 Å². The van der Waals surface area contributed by atoms with Crippen LogP contribution in [0.3, 0.4) is 0 Å². The predicted molar refractivity (Wildman–Crippen MR) is 90.7 cm³/mol. The summed E-state index contributed by atoms with van der Waals surface area (Å²) >= 11 is 0. The van der Waals surface area contributed by atoms with E-state index in [0.717, 1.165) is 25.0 Å². The number of unbranched alkanes of at least 4 members (excludes halogenated alkanes) is 1. The van der Waals surface area contributed by atoms with E-state index in [9.17, 15) is 4.21 Å². The Labute approximate surface area is 128 Å². The van der Waals surface area contributed by atoms with Gasteiger partial charge in [0.1, 0.15) is 0 Å². The van der Waals surface area contributed by atoms with Gasteiger partial charge in [0.05, 0.1) is 5.25 Å². The lowest BCUT2D eigenvalue weighted by Crippen LogP contribution is -2.41. The van der Waals surface area contributed by atoms with Crippen molar-refractivity contribution in [2.45, 2.75) is 95.3 Å². The third-order valence-electron chi connectivity index (χ3n) is 4.61. The highest BCUT2D eigenvalue weighted by Gasteiger charge is 2.25. The van der Waals surface area contributed by atoms with Gasteiger partial charge in [0, 0.05) is 22.6 Å². The Morgan fingerprint density at radius 1 is 0.950 bits per heavy atom. The Morgan fingerprint density at radius 3 is 2.05 bits per heavy atom. The molecule has 1 N–H and O–H groups in total. The van der Waals surface area contributed by atoms with Crippen LogP contribution in [0.5, 0.6) is 0 Å². The summed E-state index contributed by atoms with van der Waals surface area (Å²) in [5, 5.41) is 3.85. The molecule has 0 radical (unpaired) electrons. The van der Waals surface area contributed by atoms with E-state index in [1.807, 2.05) is 0 Å². The molecule has 0 heterocycles. The van der Waals surface area contributed by atoms with E-state index >= 15 is 0 Å². The molecule has 1 aliphatic rings. The molecule has 3 atom stereocenters. The largest absolute Gasteiger partial charge is 0.316 e. The molecule has 0 aromatic heterocycles. The van der Waals surface area contributed by atoms with Gasteiger partial charge in [-0.1, -0.05) is 64.7 Å². The van der Waals surface area contributed by atoms with Crippen molar-refractivity contribution in [3.63, 3.8) is 0 Å². The van der Waals surface area contributed by atoms with Crippen LogP contribution in [0.1, 0.15) is 84.0 Å². The van der Waals surface area contributed by atoms with Gasteiger partial charge < -0.3 is 5.32 Å². The molecule has 1 rings (SSSR count). The van der Waals surface area contributed by atoms with Crippen LogP contribution in [-0.2, 0) is 10.8 Å². The Morgan fingerprint density at radius 2 is 1.50 bits per heavy atom. The molecule has 0 saturated heterocycles. The van der Waals surface area contributed by atoms with E-state index in [1.165, 1.54) is 57.8 Å². The fraction of sp³-hybridized carbons (Fsp3) is 1.00.